The Balaban J connectivity index is 1.45. The van der Waals surface area contributed by atoms with Crippen LogP contribution in [0.3, 0.4) is 0 Å². The smallest absolute Gasteiger partial charge is 0.318 e. The first-order valence-electron chi connectivity index (χ1n) is 16.3. The average molecular weight is 610 g/mol. The Bertz CT molecular complexity index is 1960. The molecule has 0 saturated carbocycles. The Morgan fingerprint density at radius 1 is 0.826 bits per heavy atom. The van der Waals surface area contributed by atoms with E-state index in [1.807, 2.05) is 85.8 Å². The molecule has 0 radical (unpaired) electrons. The van der Waals surface area contributed by atoms with E-state index in [2.05, 4.69) is 31.1 Å². The highest BCUT2D eigenvalue weighted by Crippen LogP contribution is 2.56. The first-order valence-corrected chi connectivity index (χ1v) is 16.3. The molecule has 0 aromatic heterocycles. The lowest BCUT2D eigenvalue weighted by molar-refractivity contribution is -0.140. The second-order valence-electron chi connectivity index (χ2n) is 12.4. The molecule has 46 heavy (non-hydrogen) atoms. The van der Waals surface area contributed by atoms with Gasteiger partial charge >= 0.3 is 5.97 Å². The van der Waals surface area contributed by atoms with Crippen molar-refractivity contribution in [3.63, 3.8) is 0 Å². The third-order valence-corrected chi connectivity index (χ3v) is 9.49. The van der Waals surface area contributed by atoms with Crippen LogP contribution in [0.4, 0.5) is 0 Å². The predicted octanol–water partition coefficient (Wildman–Crippen LogP) is 9.51. The molecule has 0 bridgehead atoms. The summed E-state index contributed by atoms with van der Waals surface area (Å²) in [5.74, 6) is -0.802. The summed E-state index contributed by atoms with van der Waals surface area (Å²) in [6.07, 6.45) is 7.34. The fraction of sp³-hybridized carbons (Fsp3) is 0.268. The van der Waals surface area contributed by atoms with Gasteiger partial charge in [0.1, 0.15) is 0 Å². The number of rotatable bonds is 10. The van der Waals surface area contributed by atoms with E-state index in [0.29, 0.717) is 17.5 Å². The summed E-state index contributed by atoms with van der Waals surface area (Å²) < 4.78 is 0. The monoisotopic (exact) mass is 609 g/mol. The van der Waals surface area contributed by atoms with Gasteiger partial charge in [0.15, 0.2) is 11.5 Å². The van der Waals surface area contributed by atoms with Crippen molar-refractivity contribution in [3.8, 4) is 0 Å². The summed E-state index contributed by atoms with van der Waals surface area (Å²) in [5, 5.41) is 6.08. The van der Waals surface area contributed by atoms with Crippen LogP contribution >= 0.6 is 0 Å². The topological polar surface area (TPSA) is 72.8 Å². The zero-order valence-corrected chi connectivity index (χ0v) is 27.0. The molecule has 232 valence electrons. The summed E-state index contributed by atoms with van der Waals surface area (Å²) >= 11 is 0. The molecule has 5 heteroatoms. The van der Waals surface area contributed by atoms with Crippen molar-refractivity contribution >= 4 is 39.6 Å². The SMILES string of the molecule is CCCC1(CCC)C2=C(CCC(C(=O)c3cccc4ccccc34)=C2)c2ccc(C(=O)/C(=N/OC(C)=O)c3ccccc3C)cc21. The van der Waals surface area contributed by atoms with Crippen molar-refractivity contribution in [2.45, 2.75) is 71.6 Å². The number of hydrogen-bond acceptors (Lipinski definition) is 5. The summed E-state index contributed by atoms with van der Waals surface area (Å²) in [6.45, 7) is 7.57. The molecule has 2 aliphatic rings. The van der Waals surface area contributed by atoms with Gasteiger partial charge in [-0.3, -0.25) is 9.59 Å². The number of nitrogens with zero attached hydrogens (tertiary/aromatic N) is 1. The predicted molar refractivity (Wildman–Crippen MR) is 184 cm³/mol. The second-order valence-corrected chi connectivity index (χ2v) is 12.4. The van der Waals surface area contributed by atoms with E-state index in [4.69, 9.17) is 4.84 Å². The third-order valence-electron chi connectivity index (χ3n) is 9.49. The number of fused-ring (bicyclic) bond motifs is 3. The highest BCUT2D eigenvalue weighted by atomic mass is 16.7. The molecule has 0 amide bonds. The Morgan fingerprint density at radius 2 is 1.52 bits per heavy atom. The molecule has 0 aliphatic heterocycles. The van der Waals surface area contributed by atoms with Crippen molar-refractivity contribution in [1.82, 2.24) is 0 Å². The zero-order chi connectivity index (χ0) is 32.4. The van der Waals surface area contributed by atoms with Gasteiger partial charge in [0, 0.05) is 34.6 Å². The lowest BCUT2D eigenvalue weighted by Gasteiger charge is -2.34. The fourth-order valence-corrected chi connectivity index (χ4v) is 7.52. The molecule has 2 aliphatic carbocycles. The maximum Gasteiger partial charge on any atom is 0.332 e. The van der Waals surface area contributed by atoms with Gasteiger partial charge in [-0.15, -0.1) is 0 Å². The quantitative estimate of drug-likeness (QED) is 0.0777. The van der Waals surface area contributed by atoms with E-state index in [-0.39, 0.29) is 22.7 Å². The Morgan fingerprint density at radius 3 is 2.26 bits per heavy atom. The second kappa shape index (κ2) is 12.8. The summed E-state index contributed by atoms with van der Waals surface area (Å²) in [7, 11) is 0. The Hall–Kier alpha value is -4.90. The molecule has 0 heterocycles. The minimum Gasteiger partial charge on any atom is -0.318 e. The summed E-state index contributed by atoms with van der Waals surface area (Å²) in [6, 6.07) is 27.4. The number of ketones is 2. The number of allylic oxidation sites excluding steroid dienone is 4. The van der Waals surface area contributed by atoms with Crippen molar-refractivity contribution in [3.05, 3.63) is 136 Å². The highest BCUT2D eigenvalue weighted by molar-refractivity contribution is 6.51. The summed E-state index contributed by atoms with van der Waals surface area (Å²) in [4.78, 5) is 45.0. The highest BCUT2D eigenvalue weighted by Gasteiger charge is 2.44. The number of hydrogen-bond donors (Lipinski definition) is 0. The van der Waals surface area contributed by atoms with Crippen molar-refractivity contribution in [2.24, 2.45) is 5.16 Å². The molecule has 0 saturated heterocycles. The lowest BCUT2D eigenvalue weighted by Crippen LogP contribution is -2.27. The molecule has 6 rings (SSSR count). The first kappa shape index (κ1) is 31.1. The summed E-state index contributed by atoms with van der Waals surface area (Å²) in [5.41, 5.74) is 8.15. The van der Waals surface area contributed by atoms with Crippen LogP contribution in [0.2, 0.25) is 0 Å². The molecule has 4 aromatic carbocycles. The van der Waals surface area contributed by atoms with E-state index in [0.717, 1.165) is 70.7 Å². The van der Waals surface area contributed by atoms with E-state index < -0.39 is 5.97 Å². The Labute approximate surface area is 270 Å². The minimum absolute atomic E-state index is 0.0848. The largest absolute Gasteiger partial charge is 0.332 e. The van der Waals surface area contributed by atoms with Crippen LogP contribution in [0.5, 0.6) is 0 Å². The van der Waals surface area contributed by atoms with E-state index >= 15 is 0 Å². The number of carbonyl (C=O) groups is 3. The van der Waals surface area contributed by atoms with Gasteiger partial charge in [-0.2, -0.15) is 0 Å². The van der Waals surface area contributed by atoms with Gasteiger partial charge < -0.3 is 4.84 Å². The molecule has 0 atom stereocenters. The number of oxime groups is 1. The number of benzene rings is 4. The normalized spacial score (nSPS) is 15.3. The van der Waals surface area contributed by atoms with E-state index in [1.54, 1.807) is 0 Å². The third kappa shape index (κ3) is 5.44. The zero-order valence-electron chi connectivity index (χ0n) is 27.0. The van der Waals surface area contributed by atoms with Crippen molar-refractivity contribution in [2.75, 3.05) is 0 Å². The van der Waals surface area contributed by atoms with Crippen LogP contribution in [-0.2, 0) is 15.0 Å². The van der Waals surface area contributed by atoms with Gasteiger partial charge in [0.25, 0.3) is 0 Å². The fourth-order valence-electron chi connectivity index (χ4n) is 7.52. The van der Waals surface area contributed by atoms with Crippen LogP contribution in [-0.4, -0.2) is 23.2 Å². The molecular weight excluding hydrogens is 570 g/mol. The number of carbonyl (C=O) groups excluding carboxylic acids is 3. The Kier molecular flexibility index (Phi) is 8.68. The minimum atomic E-state index is -0.588. The van der Waals surface area contributed by atoms with Gasteiger partial charge in [-0.25, -0.2) is 4.79 Å². The maximum absolute atomic E-state index is 14.2. The van der Waals surface area contributed by atoms with Crippen LogP contribution in [0.15, 0.2) is 107 Å². The van der Waals surface area contributed by atoms with Crippen LogP contribution in [0.25, 0.3) is 16.3 Å². The molecular formula is C41H39NO4. The van der Waals surface area contributed by atoms with Gasteiger partial charge in [0.2, 0.25) is 5.78 Å². The molecule has 0 fully saturated rings. The molecule has 4 aromatic rings. The van der Waals surface area contributed by atoms with Crippen molar-refractivity contribution in [1.29, 1.82) is 0 Å². The van der Waals surface area contributed by atoms with Crippen LogP contribution in [0.1, 0.15) is 102 Å². The average Bonchev–Trinajstić information content (AvgIpc) is 3.33. The van der Waals surface area contributed by atoms with E-state index in [1.165, 1.54) is 18.1 Å². The number of Topliss-reactive ketones (excluding diaryl/α,β-unsaturated/α-hetero) is 2. The van der Waals surface area contributed by atoms with Crippen LogP contribution < -0.4 is 0 Å². The molecule has 0 spiro atoms. The first-order chi connectivity index (χ1) is 22.3. The van der Waals surface area contributed by atoms with Gasteiger partial charge in [-0.05, 0) is 77.3 Å². The van der Waals surface area contributed by atoms with Gasteiger partial charge in [-0.1, -0.05) is 117 Å². The molecule has 0 unspecified atom stereocenters. The number of aryl methyl sites for hydroxylation is 1. The van der Waals surface area contributed by atoms with Crippen molar-refractivity contribution < 1.29 is 19.2 Å². The van der Waals surface area contributed by atoms with E-state index in [9.17, 15) is 14.4 Å². The van der Waals surface area contributed by atoms with Gasteiger partial charge in [0.05, 0.1) is 0 Å². The lowest BCUT2D eigenvalue weighted by atomic mass is 9.69. The van der Waals surface area contributed by atoms with Crippen LogP contribution in [0, 0.1) is 6.92 Å². The standard InChI is InChI=1S/C41H39NO4/c1-5-22-41(23-6-2)36-24-29(39(44)35-17-11-14-28-13-8-10-16-32(28)35)18-20-33(36)34-21-19-30(25-37(34)41)40(45)38(42-46-27(4)43)31-15-9-7-12-26(31)3/h7-17,19,21,24-25H,5-6,18,20,22-23H2,1-4H3/b42-38+. The maximum atomic E-state index is 14.2. The molecule has 5 nitrogen and oxygen atoms in total. The molecule has 0 N–H and O–H groups in total.